The van der Waals surface area contributed by atoms with Crippen molar-refractivity contribution in [2.75, 3.05) is 26.2 Å². The number of benzene rings is 1. The van der Waals surface area contributed by atoms with Crippen LogP contribution in [0.25, 0.3) is 0 Å². The van der Waals surface area contributed by atoms with Gasteiger partial charge >= 0.3 is 5.97 Å². The molecular formula is C20H24ClFN2O3. The van der Waals surface area contributed by atoms with E-state index in [-0.39, 0.29) is 28.7 Å². The van der Waals surface area contributed by atoms with Gasteiger partial charge in [0.05, 0.1) is 16.9 Å². The lowest BCUT2D eigenvalue weighted by molar-refractivity contribution is -0.153. The van der Waals surface area contributed by atoms with Crippen molar-refractivity contribution in [1.82, 2.24) is 9.80 Å². The Labute approximate surface area is 163 Å². The Kier molecular flexibility index (Phi) is 5.12. The average molecular weight is 395 g/mol. The van der Waals surface area contributed by atoms with Gasteiger partial charge in [-0.1, -0.05) is 17.7 Å². The predicted molar refractivity (Wildman–Crippen MR) is 98.7 cm³/mol. The number of carboxylic acid groups (broad SMARTS) is 1. The fourth-order valence-corrected chi connectivity index (χ4v) is 5.44. The number of carbonyl (C=O) groups excluding carboxylic acids is 1. The lowest BCUT2D eigenvalue weighted by Crippen LogP contribution is -2.52. The summed E-state index contributed by atoms with van der Waals surface area (Å²) in [5.41, 5.74) is 0.945. The molecule has 1 heterocycles. The van der Waals surface area contributed by atoms with Gasteiger partial charge in [-0.05, 0) is 48.8 Å². The van der Waals surface area contributed by atoms with Crippen LogP contribution in [0.2, 0.25) is 5.02 Å². The van der Waals surface area contributed by atoms with Crippen molar-refractivity contribution in [2.24, 2.45) is 23.7 Å². The van der Waals surface area contributed by atoms with Crippen molar-refractivity contribution >= 4 is 23.5 Å². The molecule has 0 unspecified atom stereocenters. The molecular weight excluding hydrogens is 371 g/mol. The second-order valence-electron chi connectivity index (χ2n) is 8.07. The number of hydrogen-bond acceptors (Lipinski definition) is 3. The molecule has 7 heteroatoms. The Bertz CT molecular complexity index is 751. The van der Waals surface area contributed by atoms with Crippen molar-refractivity contribution in [3.63, 3.8) is 0 Å². The van der Waals surface area contributed by atoms with E-state index in [1.54, 1.807) is 12.1 Å². The minimum absolute atomic E-state index is 0.0269. The van der Waals surface area contributed by atoms with E-state index in [1.807, 2.05) is 4.90 Å². The summed E-state index contributed by atoms with van der Waals surface area (Å²) in [5.74, 6) is -1.64. The molecule has 27 heavy (non-hydrogen) atoms. The summed E-state index contributed by atoms with van der Waals surface area (Å²) >= 11 is 5.84. The van der Waals surface area contributed by atoms with Gasteiger partial charge in [-0.3, -0.25) is 14.5 Å². The van der Waals surface area contributed by atoms with E-state index in [9.17, 15) is 19.1 Å². The number of halogens is 2. The molecule has 1 aliphatic heterocycles. The van der Waals surface area contributed by atoms with E-state index in [2.05, 4.69) is 4.90 Å². The van der Waals surface area contributed by atoms with E-state index in [4.69, 9.17) is 11.6 Å². The molecule has 3 fully saturated rings. The molecule has 1 N–H and O–H groups in total. The van der Waals surface area contributed by atoms with Gasteiger partial charge < -0.3 is 10.0 Å². The summed E-state index contributed by atoms with van der Waals surface area (Å²) in [5, 5.41) is 9.71. The maximum atomic E-state index is 13.3. The Morgan fingerprint density at radius 3 is 2.41 bits per heavy atom. The Morgan fingerprint density at radius 1 is 1.11 bits per heavy atom. The zero-order chi connectivity index (χ0) is 19.1. The first-order valence-corrected chi connectivity index (χ1v) is 9.99. The van der Waals surface area contributed by atoms with Crippen molar-refractivity contribution in [2.45, 2.75) is 25.8 Å². The van der Waals surface area contributed by atoms with Crippen LogP contribution < -0.4 is 0 Å². The topological polar surface area (TPSA) is 60.9 Å². The molecule has 0 aromatic heterocycles. The van der Waals surface area contributed by atoms with Crippen LogP contribution in [0, 0.1) is 29.5 Å². The average Bonchev–Trinajstić information content (AvgIpc) is 3.26. The molecule has 5 nitrogen and oxygen atoms in total. The smallest absolute Gasteiger partial charge is 0.307 e. The lowest BCUT2D eigenvalue weighted by Gasteiger charge is -2.38. The number of carbonyl (C=O) groups is 2. The zero-order valence-corrected chi connectivity index (χ0v) is 15.9. The second-order valence-corrected chi connectivity index (χ2v) is 8.48. The maximum Gasteiger partial charge on any atom is 0.307 e. The van der Waals surface area contributed by atoms with Crippen molar-refractivity contribution in [1.29, 1.82) is 0 Å². The summed E-state index contributed by atoms with van der Waals surface area (Å²) in [7, 11) is 0. The standard InChI is InChI=1S/C20H24ClFN2O3/c21-15-9-12(1-4-16(15)22)11-23-5-7-24(8-6-23)19(25)17-13-2-3-14(10-13)18(17)20(26)27/h1,4,9,13-14,17-18H,2-3,5-8,10-11H2,(H,26,27)/t13-,14+,17-,18-/m0/s1. The van der Waals surface area contributed by atoms with Gasteiger partial charge in [-0.25, -0.2) is 4.39 Å². The summed E-state index contributed by atoms with van der Waals surface area (Å²) < 4.78 is 13.3. The summed E-state index contributed by atoms with van der Waals surface area (Å²) in [4.78, 5) is 28.8. The minimum Gasteiger partial charge on any atom is -0.481 e. The molecule has 0 spiro atoms. The summed E-state index contributed by atoms with van der Waals surface area (Å²) in [6, 6.07) is 4.74. The van der Waals surface area contributed by atoms with Gasteiger partial charge in [0.1, 0.15) is 5.82 Å². The van der Waals surface area contributed by atoms with Crippen LogP contribution in [0.3, 0.4) is 0 Å². The van der Waals surface area contributed by atoms with E-state index < -0.39 is 17.7 Å². The highest BCUT2D eigenvalue weighted by atomic mass is 35.5. The molecule has 2 saturated carbocycles. The van der Waals surface area contributed by atoms with Crippen LogP contribution in [-0.2, 0) is 16.1 Å². The molecule has 2 aliphatic carbocycles. The van der Waals surface area contributed by atoms with Gasteiger partial charge in [-0.2, -0.15) is 0 Å². The van der Waals surface area contributed by atoms with Crippen molar-refractivity contribution in [3.8, 4) is 0 Å². The van der Waals surface area contributed by atoms with Crippen LogP contribution >= 0.6 is 11.6 Å². The maximum absolute atomic E-state index is 13.3. The van der Waals surface area contributed by atoms with Gasteiger partial charge in [0.25, 0.3) is 0 Å². The Hall–Kier alpha value is -1.66. The van der Waals surface area contributed by atoms with Gasteiger partial charge in [0, 0.05) is 32.7 Å². The fourth-order valence-electron chi connectivity index (χ4n) is 5.24. The highest BCUT2D eigenvalue weighted by Crippen LogP contribution is 2.53. The van der Waals surface area contributed by atoms with Crippen molar-refractivity contribution < 1.29 is 19.1 Å². The van der Waals surface area contributed by atoms with E-state index in [1.165, 1.54) is 6.07 Å². The monoisotopic (exact) mass is 394 g/mol. The molecule has 0 radical (unpaired) electrons. The quantitative estimate of drug-likeness (QED) is 0.853. The first-order valence-electron chi connectivity index (χ1n) is 9.62. The van der Waals surface area contributed by atoms with Crippen LogP contribution in [0.4, 0.5) is 4.39 Å². The molecule has 4 rings (SSSR count). The first kappa shape index (κ1) is 18.7. The second kappa shape index (κ2) is 7.40. The number of amides is 1. The molecule has 1 amide bonds. The number of piperazine rings is 1. The van der Waals surface area contributed by atoms with Gasteiger partial charge in [-0.15, -0.1) is 0 Å². The van der Waals surface area contributed by atoms with Crippen LogP contribution in [0.1, 0.15) is 24.8 Å². The number of aliphatic carboxylic acids is 1. The highest BCUT2D eigenvalue weighted by Gasteiger charge is 2.54. The number of rotatable bonds is 4. The molecule has 2 bridgehead atoms. The normalized spacial score (nSPS) is 30.7. The number of hydrogen-bond donors (Lipinski definition) is 1. The van der Waals surface area contributed by atoms with E-state index in [0.717, 1.165) is 37.9 Å². The molecule has 4 atom stereocenters. The third kappa shape index (κ3) is 3.57. The SMILES string of the molecule is O=C(O)[C@H]1[C@@H]2CC[C@@H](C2)[C@@H]1C(=O)N1CCN(Cc2ccc(F)c(Cl)c2)CC1. The minimum atomic E-state index is -0.813. The van der Waals surface area contributed by atoms with E-state index >= 15 is 0 Å². The molecule has 1 saturated heterocycles. The van der Waals surface area contributed by atoms with Crippen LogP contribution in [0.5, 0.6) is 0 Å². The fraction of sp³-hybridized carbons (Fsp3) is 0.600. The summed E-state index contributed by atoms with van der Waals surface area (Å²) in [6.07, 6.45) is 2.81. The third-order valence-electron chi connectivity index (χ3n) is 6.56. The largest absolute Gasteiger partial charge is 0.481 e. The highest BCUT2D eigenvalue weighted by molar-refractivity contribution is 6.30. The predicted octanol–water partition coefficient (Wildman–Crippen LogP) is 2.87. The molecule has 1 aromatic rings. The van der Waals surface area contributed by atoms with Gasteiger partial charge in [0.15, 0.2) is 0 Å². The van der Waals surface area contributed by atoms with Gasteiger partial charge in [0.2, 0.25) is 5.91 Å². The lowest BCUT2D eigenvalue weighted by atomic mass is 9.78. The number of carboxylic acids is 1. The number of fused-ring (bicyclic) bond motifs is 2. The zero-order valence-electron chi connectivity index (χ0n) is 15.1. The Morgan fingerprint density at radius 2 is 1.78 bits per heavy atom. The molecule has 146 valence electrons. The van der Waals surface area contributed by atoms with Crippen LogP contribution in [0.15, 0.2) is 18.2 Å². The number of nitrogens with zero attached hydrogens (tertiary/aromatic N) is 2. The first-order chi connectivity index (χ1) is 12.9. The molecule has 3 aliphatic rings. The molecule has 1 aromatic carbocycles. The third-order valence-corrected chi connectivity index (χ3v) is 6.85. The van der Waals surface area contributed by atoms with Crippen molar-refractivity contribution in [3.05, 3.63) is 34.6 Å². The Balaban J connectivity index is 1.35. The summed E-state index contributed by atoms with van der Waals surface area (Å²) in [6.45, 7) is 3.31. The van der Waals surface area contributed by atoms with E-state index in [0.29, 0.717) is 19.6 Å². The van der Waals surface area contributed by atoms with Crippen LogP contribution in [-0.4, -0.2) is 53.0 Å².